The number of anilines is 3. The van der Waals surface area contributed by atoms with Crippen LogP contribution in [0.25, 0.3) is 66.1 Å². The third-order valence-electron chi connectivity index (χ3n) is 14.7. The summed E-state index contributed by atoms with van der Waals surface area (Å²) in [5, 5.41) is 4.37. The number of hydrogen-bond acceptors (Lipinski definition) is 1. The fourth-order valence-corrected chi connectivity index (χ4v) is 21.2. The molecule has 0 spiro atoms. The van der Waals surface area contributed by atoms with Crippen LogP contribution in [0.4, 0.5) is 25.8 Å². The molecular formula is C67H47F2GeN3. The van der Waals surface area contributed by atoms with Crippen LogP contribution in [0.1, 0.15) is 5.56 Å². The molecule has 13 aromatic rings. The molecule has 0 aliphatic rings. The Hall–Kier alpha value is -8.78. The van der Waals surface area contributed by atoms with Gasteiger partial charge in [0, 0.05) is 16.5 Å². The molecule has 0 fully saturated rings. The molecular weight excluding hydrogens is 957 g/mol. The van der Waals surface area contributed by atoms with Gasteiger partial charge in [0.05, 0.1) is 11.0 Å². The Bertz CT molecular complexity index is 4040. The molecule has 348 valence electrons. The fraction of sp³-hybridized carbons (Fsp3) is 0.0149. The van der Waals surface area contributed by atoms with Crippen molar-refractivity contribution in [2.75, 3.05) is 4.90 Å². The first kappa shape index (κ1) is 44.2. The van der Waals surface area contributed by atoms with Gasteiger partial charge in [-0.3, -0.25) is 0 Å². The second-order valence-electron chi connectivity index (χ2n) is 18.9. The first-order valence-corrected chi connectivity index (χ1v) is 28.9. The van der Waals surface area contributed by atoms with Gasteiger partial charge in [-0.1, -0.05) is 35.9 Å². The molecule has 0 amide bonds. The molecule has 0 atom stereocenters. The Morgan fingerprint density at radius 2 is 0.699 bits per heavy atom. The standard InChI is InChI=1S/C67H47F2GeN3/c1-46-21-32-55(33-22-46)71(58-38-41-66-62(44-58)60-19-11-12-20-64(60)72(66)56-34-26-49(68)27-35-56)59-39-42-67-63(45-59)61-43-48(25-40-65(61)73(67)57-36-28-50(69)29-37-57)47-23-30-54(31-24-47)70(51-13-5-2-6-14-51,52-15-7-3-8-16-52)53-17-9-4-10-18-53/h2-45H,1H3. The number of benzene rings is 11. The molecule has 0 N–H and O–H groups in total. The number of aromatic nitrogens is 2. The smallest absolute Gasteiger partial charge is 0.0378 e. The van der Waals surface area contributed by atoms with Crippen molar-refractivity contribution in [2.24, 2.45) is 0 Å². The number of nitrogens with zero attached hydrogens (tertiary/aromatic N) is 3. The summed E-state index contributed by atoms with van der Waals surface area (Å²) in [6.45, 7) is 2.11. The zero-order chi connectivity index (χ0) is 49.0. The van der Waals surface area contributed by atoms with Gasteiger partial charge in [-0.05, 0) is 67.6 Å². The zero-order valence-corrected chi connectivity index (χ0v) is 42.1. The van der Waals surface area contributed by atoms with E-state index in [0.717, 1.165) is 83.2 Å². The van der Waals surface area contributed by atoms with E-state index < -0.39 is 13.3 Å². The van der Waals surface area contributed by atoms with Crippen LogP contribution in [-0.2, 0) is 0 Å². The molecule has 0 radical (unpaired) electrons. The van der Waals surface area contributed by atoms with Gasteiger partial charge >= 0.3 is 272 Å². The fourth-order valence-electron chi connectivity index (χ4n) is 11.3. The van der Waals surface area contributed by atoms with E-state index in [1.807, 2.05) is 24.3 Å². The first-order valence-electron chi connectivity index (χ1n) is 24.7. The normalized spacial score (nSPS) is 11.8. The summed E-state index contributed by atoms with van der Waals surface area (Å²) in [6.07, 6.45) is 0. The van der Waals surface area contributed by atoms with E-state index in [1.54, 1.807) is 0 Å². The van der Waals surface area contributed by atoms with Crippen molar-refractivity contribution in [1.29, 1.82) is 0 Å². The summed E-state index contributed by atoms with van der Waals surface area (Å²) >= 11 is -3.47. The topological polar surface area (TPSA) is 13.1 Å². The van der Waals surface area contributed by atoms with Crippen LogP contribution in [0.15, 0.2) is 267 Å². The largest absolute Gasteiger partial charge is 0.0572 e. The summed E-state index contributed by atoms with van der Waals surface area (Å²) in [4.78, 5) is 2.33. The molecule has 0 aliphatic heterocycles. The van der Waals surface area contributed by atoms with Crippen LogP contribution in [0.5, 0.6) is 0 Å². The van der Waals surface area contributed by atoms with Crippen molar-refractivity contribution in [3.63, 3.8) is 0 Å². The molecule has 0 saturated heterocycles. The van der Waals surface area contributed by atoms with Gasteiger partial charge in [-0.2, -0.15) is 0 Å². The number of fused-ring (bicyclic) bond motifs is 6. The Labute approximate surface area is 425 Å². The summed E-state index contributed by atoms with van der Waals surface area (Å²) in [5.41, 5.74) is 12.4. The Morgan fingerprint density at radius 1 is 0.315 bits per heavy atom. The van der Waals surface area contributed by atoms with E-state index >= 15 is 0 Å². The number of rotatable bonds is 10. The molecule has 2 aromatic heterocycles. The molecule has 2 heterocycles. The third kappa shape index (κ3) is 7.55. The van der Waals surface area contributed by atoms with Crippen molar-refractivity contribution in [3.8, 4) is 22.5 Å². The molecule has 0 unspecified atom stereocenters. The van der Waals surface area contributed by atoms with Crippen molar-refractivity contribution < 1.29 is 8.78 Å². The van der Waals surface area contributed by atoms with Gasteiger partial charge in [-0.25, -0.2) is 8.78 Å². The summed E-state index contributed by atoms with van der Waals surface area (Å²) in [6, 6.07) is 93.3. The summed E-state index contributed by atoms with van der Waals surface area (Å²) < 4.78 is 38.7. The summed E-state index contributed by atoms with van der Waals surface area (Å²) in [5.74, 6) is -0.539. The number of hydrogen-bond donors (Lipinski definition) is 0. The number of para-hydroxylation sites is 1. The Kier molecular flexibility index (Phi) is 11.0. The van der Waals surface area contributed by atoms with Gasteiger partial charge in [-0.15, -0.1) is 0 Å². The maximum absolute atomic E-state index is 14.5. The second kappa shape index (κ2) is 18.1. The van der Waals surface area contributed by atoms with Gasteiger partial charge < -0.3 is 4.57 Å². The molecule has 0 saturated carbocycles. The Morgan fingerprint density at radius 3 is 1.21 bits per heavy atom. The van der Waals surface area contributed by atoms with E-state index in [2.05, 4.69) is 239 Å². The minimum Gasteiger partial charge on any atom is -0.0572 e. The minimum absolute atomic E-state index is 0.265. The van der Waals surface area contributed by atoms with Gasteiger partial charge in [0.2, 0.25) is 0 Å². The molecule has 13 rings (SSSR count). The predicted molar refractivity (Wildman–Crippen MR) is 304 cm³/mol. The van der Waals surface area contributed by atoms with Gasteiger partial charge in [0.1, 0.15) is 11.6 Å². The molecule has 6 heteroatoms. The predicted octanol–water partition coefficient (Wildman–Crippen LogP) is 15.0. The minimum atomic E-state index is -3.47. The average molecular weight is 1000 g/mol. The monoisotopic (exact) mass is 1010 g/mol. The van der Waals surface area contributed by atoms with Crippen LogP contribution in [0, 0.1) is 18.6 Å². The quantitative estimate of drug-likeness (QED) is 0.124. The van der Waals surface area contributed by atoms with Crippen LogP contribution in [-0.4, -0.2) is 22.4 Å². The zero-order valence-electron chi connectivity index (χ0n) is 40.0. The maximum atomic E-state index is 14.5. The van der Waals surface area contributed by atoms with Crippen LogP contribution < -0.4 is 22.5 Å². The van der Waals surface area contributed by atoms with E-state index in [9.17, 15) is 8.78 Å². The van der Waals surface area contributed by atoms with Crippen molar-refractivity contribution in [2.45, 2.75) is 6.92 Å². The average Bonchev–Trinajstić information content (AvgIpc) is 3.95. The van der Waals surface area contributed by atoms with Gasteiger partial charge in [0.25, 0.3) is 0 Å². The Balaban J connectivity index is 0.986. The summed E-state index contributed by atoms with van der Waals surface area (Å²) in [7, 11) is 0. The van der Waals surface area contributed by atoms with Gasteiger partial charge in [0.15, 0.2) is 0 Å². The molecule has 0 bridgehead atoms. The molecule has 0 aliphatic carbocycles. The van der Waals surface area contributed by atoms with E-state index in [1.165, 1.54) is 47.4 Å². The van der Waals surface area contributed by atoms with E-state index in [-0.39, 0.29) is 11.6 Å². The molecule has 73 heavy (non-hydrogen) atoms. The van der Waals surface area contributed by atoms with Crippen molar-refractivity contribution >= 4 is 91.5 Å². The van der Waals surface area contributed by atoms with Crippen molar-refractivity contribution in [3.05, 3.63) is 284 Å². The van der Waals surface area contributed by atoms with Crippen LogP contribution in [0.2, 0.25) is 0 Å². The third-order valence-corrected chi connectivity index (χ3v) is 24.7. The van der Waals surface area contributed by atoms with Crippen molar-refractivity contribution in [1.82, 2.24) is 9.13 Å². The van der Waals surface area contributed by atoms with E-state index in [0.29, 0.717) is 0 Å². The molecule has 11 aromatic carbocycles. The first-order chi connectivity index (χ1) is 35.9. The number of halogens is 2. The van der Waals surface area contributed by atoms with Crippen LogP contribution >= 0.6 is 0 Å². The maximum Gasteiger partial charge on any atom is -0.0378 e. The number of aryl methyl sites for hydroxylation is 1. The second-order valence-corrected chi connectivity index (χ2v) is 26.9. The molecule has 3 nitrogen and oxygen atoms in total. The SMILES string of the molecule is Cc1ccc(N(c2ccc3c(c2)c2ccccc2n3-c2ccc(F)cc2)c2ccc3c(c2)c2cc(-c4cc[c]([Ge]([c]5ccccc5)([c]5ccccc5)[c]5ccccc5)cc4)ccc2n3-c2ccc(F)cc2)cc1. The van der Waals surface area contributed by atoms with E-state index in [4.69, 9.17) is 0 Å². The van der Waals surface area contributed by atoms with Crippen LogP contribution in [0.3, 0.4) is 0 Å².